The van der Waals surface area contributed by atoms with E-state index in [-0.39, 0.29) is 31.1 Å². The molecule has 1 N–H and O–H groups in total. The first-order chi connectivity index (χ1) is 18.2. The normalized spacial score (nSPS) is 29.5. The number of aromatic nitrogens is 1. The number of imide groups is 1. The minimum Gasteiger partial charge on any atom is -0.475 e. The van der Waals surface area contributed by atoms with Crippen LogP contribution in [0.1, 0.15) is 35.9 Å². The van der Waals surface area contributed by atoms with Gasteiger partial charge in [0.2, 0.25) is 17.6 Å². The van der Waals surface area contributed by atoms with E-state index in [0.29, 0.717) is 22.0 Å². The number of methoxy groups -OCH3 is 1. The van der Waals surface area contributed by atoms with E-state index >= 15 is 0 Å². The van der Waals surface area contributed by atoms with Crippen LogP contribution in [0.4, 0.5) is 5.69 Å². The molecule has 6 rings (SSSR count). The highest BCUT2D eigenvalue weighted by atomic mass is 16.6. The molecule has 3 saturated heterocycles. The third-order valence-corrected chi connectivity index (χ3v) is 8.03. The number of aliphatic hydroxyl groups is 1. The molecule has 38 heavy (non-hydrogen) atoms. The third kappa shape index (κ3) is 3.20. The van der Waals surface area contributed by atoms with Crippen LogP contribution in [0.2, 0.25) is 0 Å². The molecular weight excluding hydrogens is 494 g/mol. The average molecular weight is 517 g/mol. The summed E-state index contributed by atoms with van der Waals surface area (Å²) in [4.78, 5) is 40.5. The molecular formula is C27H23N3O8. The predicted octanol–water partition coefficient (Wildman–Crippen LogP) is 2.35. The quantitative estimate of drug-likeness (QED) is 0.381. The van der Waals surface area contributed by atoms with Gasteiger partial charge in [-0.3, -0.25) is 9.59 Å². The summed E-state index contributed by atoms with van der Waals surface area (Å²) in [6, 6.07) is 13.8. The van der Waals surface area contributed by atoms with Crippen molar-refractivity contribution in [2.24, 2.45) is 11.8 Å². The van der Waals surface area contributed by atoms with E-state index < -0.39 is 46.9 Å². The smallest absolute Gasteiger partial charge is 0.377 e. The summed E-state index contributed by atoms with van der Waals surface area (Å²) in [6.45, 7) is 1.69. The summed E-state index contributed by atoms with van der Waals surface area (Å²) in [7, 11) is 1.21. The van der Waals surface area contributed by atoms with Crippen molar-refractivity contribution in [3.63, 3.8) is 0 Å². The Hall–Kier alpha value is -4.27. The van der Waals surface area contributed by atoms with Gasteiger partial charge in [-0.05, 0) is 24.2 Å². The molecule has 2 aromatic carbocycles. The number of amides is 2. The molecule has 11 nitrogen and oxygen atoms in total. The number of esters is 1. The summed E-state index contributed by atoms with van der Waals surface area (Å²) in [5.74, 6) is -3.35. The van der Waals surface area contributed by atoms with Crippen molar-refractivity contribution in [1.82, 2.24) is 5.16 Å². The number of ether oxygens (including phenoxy) is 3. The maximum absolute atomic E-state index is 13.9. The van der Waals surface area contributed by atoms with Crippen LogP contribution in [-0.2, 0) is 19.1 Å². The Labute approximate surface area is 216 Å². The summed E-state index contributed by atoms with van der Waals surface area (Å²) in [6.07, 6.45) is -0.625. The second-order valence-electron chi connectivity index (χ2n) is 9.95. The molecule has 2 amide bonds. The highest BCUT2D eigenvalue weighted by Crippen LogP contribution is 2.62. The molecule has 1 aromatic heterocycles. The van der Waals surface area contributed by atoms with Gasteiger partial charge in [-0.2, -0.15) is 5.26 Å². The molecule has 11 heteroatoms. The van der Waals surface area contributed by atoms with Gasteiger partial charge in [-0.15, -0.1) is 0 Å². The van der Waals surface area contributed by atoms with Crippen LogP contribution in [0.5, 0.6) is 5.88 Å². The molecule has 3 fully saturated rings. The third-order valence-electron chi connectivity index (χ3n) is 8.03. The number of rotatable bonds is 6. The van der Waals surface area contributed by atoms with Crippen molar-refractivity contribution >= 4 is 34.2 Å². The number of nitrogens with zero attached hydrogens (tertiary/aromatic N) is 3. The SMILES string of the molecule is COC(=O)c1cc(OCC[C@@]23CC(O)[C@@](C)(O2)[C@H]2C(=O)N(c4ccc(C#N)c5ccccc45)C(=O)[C@H]23)no1. The molecule has 1 unspecified atom stereocenters. The molecule has 5 atom stereocenters. The number of aliphatic hydroxyl groups excluding tert-OH is 1. The topological polar surface area (TPSA) is 152 Å². The Kier molecular flexibility index (Phi) is 5.31. The first-order valence-corrected chi connectivity index (χ1v) is 12.1. The fourth-order valence-corrected chi connectivity index (χ4v) is 6.29. The van der Waals surface area contributed by atoms with Crippen LogP contribution in [-0.4, -0.2) is 59.1 Å². The van der Waals surface area contributed by atoms with Crippen LogP contribution in [0.3, 0.4) is 0 Å². The second kappa shape index (κ2) is 8.37. The maximum atomic E-state index is 13.9. The van der Waals surface area contributed by atoms with Gasteiger partial charge < -0.3 is 23.8 Å². The van der Waals surface area contributed by atoms with Gasteiger partial charge in [0.1, 0.15) is 5.60 Å². The predicted molar refractivity (Wildman–Crippen MR) is 129 cm³/mol. The first kappa shape index (κ1) is 24.1. The van der Waals surface area contributed by atoms with Crippen molar-refractivity contribution in [3.8, 4) is 11.9 Å². The lowest BCUT2D eigenvalue weighted by atomic mass is 9.66. The molecule has 0 spiro atoms. The second-order valence-corrected chi connectivity index (χ2v) is 9.95. The van der Waals surface area contributed by atoms with Crippen molar-refractivity contribution in [1.29, 1.82) is 5.26 Å². The van der Waals surface area contributed by atoms with Gasteiger partial charge in [-0.1, -0.05) is 24.3 Å². The Bertz CT molecular complexity index is 1540. The lowest BCUT2D eigenvalue weighted by Gasteiger charge is -2.33. The number of carbonyl (C=O) groups is 3. The van der Waals surface area contributed by atoms with Crippen LogP contribution in [0.25, 0.3) is 10.8 Å². The number of benzene rings is 2. The number of anilines is 1. The van der Waals surface area contributed by atoms with Gasteiger partial charge in [-0.25, -0.2) is 9.69 Å². The zero-order valence-electron chi connectivity index (χ0n) is 20.5. The van der Waals surface area contributed by atoms with E-state index in [0.717, 1.165) is 0 Å². The lowest BCUT2D eigenvalue weighted by molar-refractivity contribution is -0.134. The van der Waals surface area contributed by atoms with E-state index in [2.05, 4.69) is 16.0 Å². The molecule has 2 bridgehead atoms. The number of hydrogen-bond acceptors (Lipinski definition) is 10. The summed E-state index contributed by atoms with van der Waals surface area (Å²) in [5.41, 5.74) is -1.56. The van der Waals surface area contributed by atoms with E-state index in [1.54, 1.807) is 43.3 Å². The van der Waals surface area contributed by atoms with Crippen LogP contribution >= 0.6 is 0 Å². The van der Waals surface area contributed by atoms with Crippen molar-refractivity contribution in [2.45, 2.75) is 37.1 Å². The summed E-state index contributed by atoms with van der Waals surface area (Å²) >= 11 is 0. The summed E-state index contributed by atoms with van der Waals surface area (Å²) in [5, 5.41) is 25.4. The van der Waals surface area contributed by atoms with Crippen molar-refractivity contribution < 1.29 is 38.2 Å². The minimum absolute atomic E-state index is 0.0282. The van der Waals surface area contributed by atoms with Crippen LogP contribution in [0, 0.1) is 23.2 Å². The molecule has 0 radical (unpaired) electrons. The Morgan fingerprint density at radius 1 is 1.21 bits per heavy atom. The van der Waals surface area contributed by atoms with Crippen molar-refractivity contribution in [3.05, 3.63) is 53.8 Å². The van der Waals surface area contributed by atoms with Gasteiger partial charge in [0, 0.05) is 23.6 Å². The van der Waals surface area contributed by atoms with E-state index in [1.807, 2.05) is 0 Å². The minimum atomic E-state index is -1.25. The van der Waals surface area contributed by atoms with Gasteiger partial charge in [0.25, 0.3) is 5.88 Å². The summed E-state index contributed by atoms with van der Waals surface area (Å²) < 4.78 is 21.5. The molecule has 3 aromatic rings. The maximum Gasteiger partial charge on any atom is 0.377 e. The van der Waals surface area contributed by atoms with Crippen LogP contribution in [0.15, 0.2) is 47.0 Å². The zero-order chi connectivity index (χ0) is 26.8. The van der Waals surface area contributed by atoms with Gasteiger partial charge in [0.15, 0.2) is 0 Å². The molecule has 3 aliphatic heterocycles. The highest BCUT2D eigenvalue weighted by molar-refractivity contribution is 6.26. The van der Waals surface area contributed by atoms with Gasteiger partial charge >= 0.3 is 5.97 Å². The van der Waals surface area contributed by atoms with E-state index in [9.17, 15) is 24.8 Å². The fourth-order valence-electron chi connectivity index (χ4n) is 6.29. The monoisotopic (exact) mass is 517 g/mol. The zero-order valence-corrected chi connectivity index (χ0v) is 20.5. The number of hydrogen-bond donors (Lipinski definition) is 1. The first-order valence-electron chi connectivity index (χ1n) is 12.1. The molecule has 4 heterocycles. The Morgan fingerprint density at radius 2 is 1.95 bits per heavy atom. The fraction of sp³-hybridized carbons (Fsp3) is 0.370. The molecule has 3 aliphatic rings. The number of carbonyl (C=O) groups excluding carboxylic acids is 3. The molecule has 194 valence electrons. The largest absolute Gasteiger partial charge is 0.475 e. The standard InChI is InChI=1S/C27H23N3O8/c1-26-19(31)12-27(38-26,9-10-36-20-11-18(37-29-20)25(34)35-2)22-21(26)23(32)30(24(22)33)17-8-7-14(13-28)15-5-3-4-6-16(15)17/h3-8,11,19,21-22,31H,9-10,12H2,1-2H3/t19?,21-,22+,26-,27+/m1/s1. The Morgan fingerprint density at radius 3 is 2.68 bits per heavy atom. The highest BCUT2D eigenvalue weighted by Gasteiger charge is 2.77. The Balaban J connectivity index is 1.31. The van der Waals surface area contributed by atoms with Gasteiger partial charge in [0.05, 0.1) is 60.6 Å². The van der Waals surface area contributed by atoms with Crippen molar-refractivity contribution in [2.75, 3.05) is 18.6 Å². The van der Waals surface area contributed by atoms with E-state index in [4.69, 9.17) is 14.0 Å². The van der Waals surface area contributed by atoms with E-state index in [1.165, 1.54) is 18.1 Å². The number of fused-ring (bicyclic) bond motifs is 6. The molecule has 0 saturated carbocycles. The lowest BCUT2D eigenvalue weighted by Crippen LogP contribution is -2.49. The molecule has 0 aliphatic carbocycles. The number of nitriles is 1. The van der Waals surface area contributed by atoms with Crippen LogP contribution < -0.4 is 9.64 Å². The average Bonchev–Trinajstić information content (AvgIpc) is 3.62.